The van der Waals surface area contributed by atoms with Crippen molar-refractivity contribution in [2.24, 2.45) is 0 Å². The third-order valence-electron chi connectivity index (χ3n) is 3.57. The predicted molar refractivity (Wildman–Crippen MR) is 69.3 cm³/mol. The number of hydrogen-bond donors (Lipinski definition) is 1. The van der Waals surface area contributed by atoms with Crippen LogP contribution in [0.2, 0.25) is 0 Å². The number of aromatic nitrogens is 4. The van der Waals surface area contributed by atoms with Gasteiger partial charge in [0, 0.05) is 56.4 Å². The second-order valence-electron chi connectivity index (χ2n) is 4.87. The molecule has 96 valence electrons. The number of imidazole rings is 2. The number of unbranched alkanes of at least 4 members (excludes halogenated alkanes) is 1. The highest BCUT2D eigenvalue weighted by Crippen LogP contribution is 2.19. The first kappa shape index (κ1) is 11.5. The molecule has 5 heteroatoms. The quantitative estimate of drug-likeness (QED) is 0.779. The Morgan fingerprint density at radius 2 is 2.06 bits per heavy atom. The number of aryl methyl sites for hydroxylation is 2. The fourth-order valence-electron chi connectivity index (χ4n) is 2.35. The van der Waals surface area contributed by atoms with Crippen molar-refractivity contribution in [1.29, 1.82) is 0 Å². The van der Waals surface area contributed by atoms with Crippen molar-refractivity contribution in [3.8, 4) is 0 Å². The van der Waals surface area contributed by atoms with Gasteiger partial charge in [-0.25, -0.2) is 9.97 Å². The molecule has 2 aromatic heterocycles. The standard InChI is InChI=1S/C13H19N5/c1(4-17-6-3-14-10-17)2-5-18-11-16-9-13(18)12-7-15-8-12/h3,6,9-12,15H,1-2,4-5,7-8H2. The molecule has 0 atom stereocenters. The van der Waals surface area contributed by atoms with Gasteiger partial charge in [-0.15, -0.1) is 0 Å². The molecule has 5 nitrogen and oxygen atoms in total. The lowest BCUT2D eigenvalue weighted by Crippen LogP contribution is -2.40. The molecular formula is C13H19N5. The molecule has 0 aromatic carbocycles. The minimum absolute atomic E-state index is 0.668. The molecule has 2 aromatic rings. The summed E-state index contributed by atoms with van der Waals surface area (Å²) in [5, 5.41) is 3.31. The normalized spacial score (nSPS) is 15.8. The average molecular weight is 245 g/mol. The van der Waals surface area contributed by atoms with Crippen molar-refractivity contribution in [3.63, 3.8) is 0 Å². The fraction of sp³-hybridized carbons (Fsp3) is 0.538. The first-order valence-corrected chi connectivity index (χ1v) is 6.60. The van der Waals surface area contributed by atoms with Crippen molar-refractivity contribution in [2.45, 2.75) is 31.8 Å². The van der Waals surface area contributed by atoms with Gasteiger partial charge in [-0.05, 0) is 12.8 Å². The summed E-state index contributed by atoms with van der Waals surface area (Å²) >= 11 is 0. The molecule has 1 N–H and O–H groups in total. The van der Waals surface area contributed by atoms with Crippen molar-refractivity contribution >= 4 is 0 Å². The molecule has 0 radical (unpaired) electrons. The maximum absolute atomic E-state index is 4.27. The van der Waals surface area contributed by atoms with E-state index in [0.29, 0.717) is 5.92 Å². The zero-order chi connectivity index (χ0) is 12.2. The molecule has 1 saturated heterocycles. The number of rotatable bonds is 6. The van der Waals surface area contributed by atoms with E-state index in [1.807, 2.05) is 31.2 Å². The second-order valence-corrected chi connectivity index (χ2v) is 4.87. The molecule has 1 fully saturated rings. The smallest absolute Gasteiger partial charge is 0.0948 e. The summed E-state index contributed by atoms with van der Waals surface area (Å²) in [6.45, 7) is 4.32. The lowest BCUT2D eigenvalue weighted by molar-refractivity contribution is 0.419. The van der Waals surface area contributed by atoms with Gasteiger partial charge in [-0.1, -0.05) is 0 Å². The Balaban J connectivity index is 1.46. The maximum atomic E-state index is 4.27. The van der Waals surface area contributed by atoms with Gasteiger partial charge in [-0.2, -0.15) is 0 Å². The summed E-state index contributed by atoms with van der Waals surface area (Å²) in [7, 11) is 0. The van der Waals surface area contributed by atoms with Gasteiger partial charge in [0.25, 0.3) is 0 Å². The molecule has 0 spiro atoms. The van der Waals surface area contributed by atoms with E-state index in [0.717, 1.165) is 26.2 Å². The SMILES string of the molecule is c1cn(CCCCn2cncc2C2CNC2)cn1. The summed E-state index contributed by atoms with van der Waals surface area (Å²) < 4.78 is 4.43. The Bertz CT molecular complexity index is 469. The van der Waals surface area contributed by atoms with Crippen LogP contribution in [-0.2, 0) is 13.1 Å². The number of hydrogen-bond acceptors (Lipinski definition) is 3. The topological polar surface area (TPSA) is 47.7 Å². The summed E-state index contributed by atoms with van der Waals surface area (Å²) in [5.41, 5.74) is 1.39. The summed E-state index contributed by atoms with van der Waals surface area (Å²) in [6.07, 6.45) is 12.1. The molecule has 0 bridgehead atoms. The molecule has 0 unspecified atom stereocenters. The van der Waals surface area contributed by atoms with E-state index in [2.05, 4.69) is 24.4 Å². The zero-order valence-electron chi connectivity index (χ0n) is 10.5. The Hall–Kier alpha value is -1.62. The lowest BCUT2D eigenvalue weighted by Gasteiger charge is -2.27. The summed E-state index contributed by atoms with van der Waals surface area (Å²) in [5.74, 6) is 0.668. The molecule has 3 rings (SSSR count). The van der Waals surface area contributed by atoms with E-state index in [-0.39, 0.29) is 0 Å². The van der Waals surface area contributed by atoms with Crippen LogP contribution in [0.4, 0.5) is 0 Å². The van der Waals surface area contributed by atoms with E-state index in [1.54, 1.807) is 0 Å². The Kier molecular flexibility index (Phi) is 3.41. The molecule has 0 aliphatic carbocycles. The molecule has 0 saturated carbocycles. The summed E-state index contributed by atoms with van der Waals surface area (Å²) in [4.78, 5) is 8.32. The fourth-order valence-corrected chi connectivity index (χ4v) is 2.35. The third-order valence-corrected chi connectivity index (χ3v) is 3.57. The van der Waals surface area contributed by atoms with Crippen LogP contribution in [0.1, 0.15) is 24.5 Å². The molecule has 1 aliphatic rings. The Labute approximate surface area is 107 Å². The van der Waals surface area contributed by atoms with Crippen LogP contribution in [0.15, 0.2) is 31.2 Å². The van der Waals surface area contributed by atoms with E-state index >= 15 is 0 Å². The van der Waals surface area contributed by atoms with Crippen LogP contribution < -0.4 is 5.32 Å². The highest BCUT2D eigenvalue weighted by atomic mass is 15.1. The largest absolute Gasteiger partial charge is 0.337 e. The highest BCUT2D eigenvalue weighted by Gasteiger charge is 2.21. The van der Waals surface area contributed by atoms with Gasteiger partial charge >= 0.3 is 0 Å². The third kappa shape index (κ3) is 2.46. The first-order chi connectivity index (χ1) is 8.93. The van der Waals surface area contributed by atoms with Gasteiger partial charge in [0.15, 0.2) is 0 Å². The monoisotopic (exact) mass is 245 g/mol. The van der Waals surface area contributed by atoms with Crippen molar-refractivity contribution in [1.82, 2.24) is 24.4 Å². The Morgan fingerprint density at radius 1 is 1.17 bits per heavy atom. The number of nitrogens with zero attached hydrogens (tertiary/aromatic N) is 4. The van der Waals surface area contributed by atoms with E-state index in [4.69, 9.17) is 0 Å². The second kappa shape index (κ2) is 5.35. The van der Waals surface area contributed by atoms with Crippen molar-refractivity contribution in [2.75, 3.05) is 13.1 Å². The first-order valence-electron chi connectivity index (χ1n) is 6.60. The Morgan fingerprint density at radius 3 is 2.78 bits per heavy atom. The molecule has 3 heterocycles. The van der Waals surface area contributed by atoms with E-state index in [1.165, 1.54) is 18.5 Å². The van der Waals surface area contributed by atoms with Crippen molar-refractivity contribution < 1.29 is 0 Å². The van der Waals surface area contributed by atoms with Crippen LogP contribution in [0.25, 0.3) is 0 Å². The minimum Gasteiger partial charge on any atom is -0.337 e. The molecule has 0 amide bonds. The lowest BCUT2D eigenvalue weighted by atomic mass is 10.00. The molecule has 18 heavy (non-hydrogen) atoms. The minimum atomic E-state index is 0.668. The van der Waals surface area contributed by atoms with Gasteiger partial charge < -0.3 is 14.5 Å². The van der Waals surface area contributed by atoms with Crippen LogP contribution >= 0.6 is 0 Å². The van der Waals surface area contributed by atoms with Gasteiger partial charge in [-0.3, -0.25) is 0 Å². The van der Waals surface area contributed by atoms with Gasteiger partial charge in [0.05, 0.1) is 12.7 Å². The average Bonchev–Trinajstić information content (AvgIpc) is 2.94. The zero-order valence-corrected chi connectivity index (χ0v) is 10.5. The van der Waals surface area contributed by atoms with E-state index < -0.39 is 0 Å². The molecular weight excluding hydrogens is 226 g/mol. The van der Waals surface area contributed by atoms with Gasteiger partial charge in [0.2, 0.25) is 0 Å². The van der Waals surface area contributed by atoms with Crippen LogP contribution in [0.3, 0.4) is 0 Å². The highest BCUT2D eigenvalue weighted by molar-refractivity contribution is 5.11. The van der Waals surface area contributed by atoms with Crippen LogP contribution in [0, 0.1) is 0 Å². The number of nitrogens with one attached hydrogen (secondary N) is 1. The summed E-state index contributed by atoms with van der Waals surface area (Å²) in [6, 6.07) is 0. The maximum Gasteiger partial charge on any atom is 0.0948 e. The van der Waals surface area contributed by atoms with E-state index in [9.17, 15) is 0 Å². The van der Waals surface area contributed by atoms with Crippen LogP contribution in [0.5, 0.6) is 0 Å². The predicted octanol–water partition coefficient (Wildman–Crippen LogP) is 1.25. The molecule has 1 aliphatic heterocycles. The van der Waals surface area contributed by atoms with Gasteiger partial charge in [0.1, 0.15) is 0 Å². The van der Waals surface area contributed by atoms with Crippen molar-refractivity contribution in [3.05, 3.63) is 36.9 Å². The van der Waals surface area contributed by atoms with Crippen LogP contribution in [-0.4, -0.2) is 32.2 Å².